The molecule has 0 radical (unpaired) electrons. The molecule has 0 atom stereocenters. The molecule has 4 heteroatoms. The monoisotopic (exact) mass is 226 g/mol. The molecule has 0 fully saturated rings. The summed E-state index contributed by atoms with van der Waals surface area (Å²) in [4.78, 5) is 18.5. The van der Waals surface area contributed by atoms with Crippen LogP contribution in [0.15, 0.2) is 12.4 Å². The summed E-state index contributed by atoms with van der Waals surface area (Å²) in [5, 5.41) is 1.56. The van der Waals surface area contributed by atoms with E-state index in [-0.39, 0.29) is 5.97 Å². The van der Waals surface area contributed by atoms with Gasteiger partial charge < -0.3 is 9.74 Å². The lowest BCUT2D eigenvalue weighted by molar-refractivity contribution is -0.180. The number of hydroxylamine groups is 2. The first-order chi connectivity index (χ1) is 7.72. The maximum Gasteiger partial charge on any atom is 0.332 e. The molecule has 1 aliphatic rings. The molecule has 0 saturated heterocycles. The number of hydrogen-bond acceptors (Lipinski definition) is 4. The average Bonchev–Trinajstić information content (AvgIpc) is 2.63. The highest BCUT2D eigenvalue weighted by atomic mass is 16.7. The molecule has 1 aliphatic heterocycles. The van der Waals surface area contributed by atoms with E-state index in [9.17, 15) is 4.79 Å². The minimum atomic E-state index is -0.128. The maximum absolute atomic E-state index is 11.4. The molecule has 92 valence electrons. The minimum absolute atomic E-state index is 0.128. The summed E-state index contributed by atoms with van der Waals surface area (Å²) in [6, 6.07) is 0. The van der Waals surface area contributed by atoms with Crippen molar-refractivity contribution in [2.24, 2.45) is 0 Å². The van der Waals surface area contributed by atoms with E-state index in [0.29, 0.717) is 13.1 Å². The largest absolute Gasteiger partial charge is 0.359 e. The van der Waals surface area contributed by atoms with Crippen LogP contribution in [0.25, 0.3) is 0 Å². The summed E-state index contributed by atoms with van der Waals surface area (Å²) in [5.74, 6) is -0.128. The van der Waals surface area contributed by atoms with Crippen molar-refractivity contribution in [3.8, 4) is 0 Å². The van der Waals surface area contributed by atoms with Gasteiger partial charge in [-0.1, -0.05) is 32.6 Å². The van der Waals surface area contributed by atoms with Crippen LogP contribution in [0.2, 0.25) is 0 Å². The summed E-state index contributed by atoms with van der Waals surface area (Å²) in [6.45, 7) is 2.81. The quantitative estimate of drug-likeness (QED) is 0.624. The third-order valence-electron chi connectivity index (χ3n) is 2.55. The summed E-state index contributed by atoms with van der Waals surface area (Å²) >= 11 is 0. The van der Waals surface area contributed by atoms with E-state index in [4.69, 9.17) is 4.84 Å². The Hall–Kier alpha value is -1.19. The normalized spacial score (nSPS) is 14.6. The number of nitrogens with zero attached hydrogens (tertiary/aromatic N) is 2. The van der Waals surface area contributed by atoms with Gasteiger partial charge in [-0.2, -0.15) is 5.06 Å². The average molecular weight is 226 g/mol. The van der Waals surface area contributed by atoms with Crippen molar-refractivity contribution in [2.45, 2.75) is 45.4 Å². The second kappa shape index (κ2) is 7.14. The lowest BCUT2D eigenvalue weighted by Crippen LogP contribution is -2.25. The van der Waals surface area contributed by atoms with Crippen LogP contribution in [0.5, 0.6) is 0 Å². The first kappa shape index (κ1) is 12.9. The highest BCUT2D eigenvalue weighted by Crippen LogP contribution is 2.09. The van der Waals surface area contributed by atoms with Gasteiger partial charge in [0.2, 0.25) is 0 Å². The number of unbranched alkanes of at least 4 members (excludes halogenated alkanes) is 4. The smallest absolute Gasteiger partial charge is 0.332 e. The SMILES string of the molecule is CCCCCCCC(=O)ON1C=CN(C)C1. The van der Waals surface area contributed by atoms with Crippen LogP contribution in [-0.2, 0) is 9.63 Å². The minimum Gasteiger partial charge on any atom is -0.359 e. The molecule has 0 N–H and O–H groups in total. The van der Waals surface area contributed by atoms with Crippen LogP contribution in [0, 0.1) is 0 Å². The van der Waals surface area contributed by atoms with Crippen molar-refractivity contribution in [2.75, 3.05) is 13.7 Å². The van der Waals surface area contributed by atoms with Crippen LogP contribution in [0.3, 0.4) is 0 Å². The molecule has 1 heterocycles. The van der Waals surface area contributed by atoms with Crippen molar-refractivity contribution in [1.82, 2.24) is 9.96 Å². The van der Waals surface area contributed by atoms with Crippen LogP contribution < -0.4 is 0 Å². The molecule has 0 amide bonds. The number of hydrogen-bond donors (Lipinski definition) is 0. The van der Waals surface area contributed by atoms with Crippen LogP contribution in [0.4, 0.5) is 0 Å². The van der Waals surface area contributed by atoms with E-state index in [2.05, 4.69) is 6.92 Å². The predicted molar refractivity (Wildman–Crippen MR) is 63.1 cm³/mol. The molecular formula is C12H22N2O2. The topological polar surface area (TPSA) is 32.8 Å². The van der Waals surface area contributed by atoms with Gasteiger partial charge in [0.05, 0.1) is 6.20 Å². The highest BCUT2D eigenvalue weighted by Gasteiger charge is 2.13. The zero-order valence-corrected chi connectivity index (χ0v) is 10.3. The number of rotatable bonds is 7. The van der Waals surface area contributed by atoms with Gasteiger partial charge in [-0.15, -0.1) is 0 Å². The molecule has 0 aromatic carbocycles. The second-order valence-corrected chi connectivity index (χ2v) is 4.24. The van der Waals surface area contributed by atoms with E-state index < -0.39 is 0 Å². The third kappa shape index (κ3) is 5.05. The van der Waals surface area contributed by atoms with Gasteiger partial charge in [0.15, 0.2) is 0 Å². The molecule has 0 saturated carbocycles. The Kier molecular flexibility index (Phi) is 5.75. The molecule has 16 heavy (non-hydrogen) atoms. The fraction of sp³-hybridized carbons (Fsp3) is 0.750. The Morgan fingerprint density at radius 1 is 1.25 bits per heavy atom. The summed E-state index contributed by atoms with van der Waals surface area (Å²) in [7, 11) is 1.94. The molecule has 4 nitrogen and oxygen atoms in total. The van der Waals surface area contributed by atoms with Crippen LogP contribution in [0.1, 0.15) is 45.4 Å². The molecule has 0 spiro atoms. The lowest BCUT2D eigenvalue weighted by atomic mass is 10.1. The molecule has 0 aliphatic carbocycles. The highest BCUT2D eigenvalue weighted by molar-refractivity contribution is 5.69. The van der Waals surface area contributed by atoms with Gasteiger partial charge in [0.1, 0.15) is 6.67 Å². The van der Waals surface area contributed by atoms with E-state index in [1.54, 1.807) is 11.3 Å². The summed E-state index contributed by atoms with van der Waals surface area (Å²) in [5.41, 5.74) is 0. The van der Waals surface area contributed by atoms with Gasteiger partial charge in [-0.05, 0) is 6.42 Å². The van der Waals surface area contributed by atoms with E-state index in [1.807, 2.05) is 18.1 Å². The fourth-order valence-electron chi connectivity index (χ4n) is 1.61. The van der Waals surface area contributed by atoms with Gasteiger partial charge in [-0.3, -0.25) is 0 Å². The Morgan fingerprint density at radius 2 is 2.00 bits per heavy atom. The second-order valence-electron chi connectivity index (χ2n) is 4.24. The fourth-order valence-corrected chi connectivity index (χ4v) is 1.61. The zero-order valence-electron chi connectivity index (χ0n) is 10.3. The van der Waals surface area contributed by atoms with Crippen molar-refractivity contribution < 1.29 is 9.63 Å². The Bertz CT molecular complexity index is 241. The predicted octanol–water partition coefficient (Wildman–Crippen LogP) is 2.48. The maximum atomic E-state index is 11.4. The van der Waals surface area contributed by atoms with E-state index >= 15 is 0 Å². The van der Waals surface area contributed by atoms with Crippen molar-refractivity contribution in [3.63, 3.8) is 0 Å². The molecule has 1 rings (SSSR count). The van der Waals surface area contributed by atoms with Gasteiger partial charge in [0, 0.05) is 19.7 Å². The molecule has 0 aromatic heterocycles. The molecule has 0 aromatic rings. The summed E-state index contributed by atoms with van der Waals surface area (Å²) < 4.78 is 0. The van der Waals surface area contributed by atoms with Crippen molar-refractivity contribution in [3.05, 3.63) is 12.4 Å². The van der Waals surface area contributed by atoms with E-state index in [1.165, 1.54) is 19.3 Å². The van der Waals surface area contributed by atoms with Crippen LogP contribution >= 0.6 is 0 Å². The third-order valence-corrected chi connectivity index (χ3v) is 2.55. The van der Waals surface area contributed by atoms with Gasteiger partial charge in [-0.25, -0.2) is 4.79 Å². The number of carbonyl (C=O) groups is 1. The molecule has 0 unspecified atom stereocenters. The zero-order chi connectivity index (χ0) is 11.8. The van der Waals surface area contributed by atoms with Gasteiger partial charge >= 0.3 is 5.97 Å². The van der Waals surface area contributed by atoms with E-state index in [0.717, 1.165) is 12.8 Å². The first-order valence-electron chi connectivity index (χ1n) is 6.08. The molecular weight excluding hydrogens is 204 g/mol. The number of carbonyl (C=O) groups excluding carboxylic acids is 1. The Balaban J connectivity index is 2.01. The Labute approximate surface area is 97.8 Å². The Morgan fingerprint density at radius 3 is 2.62 bits per heavy atom. The van der Waals surface area contributed by atoms with Crippen molar-refractivity contribution >= 4 is 5.97 Å². The first-order valence-corrected chi connectivity index (χ1v) is 6.08. The summed E-state index contributed by atoms with van der Waals surface area (Å²) in [6.07, 6.45) is 9.95. The van der Waals surface area contributed by atoms with Crippen LogP contribution in [-0.4, -0.2) is 29.6 Å². The molecule has 0 bridgehead atoms. The standard InChI is InChI=1S/C12H22N2O2/c1-3-4-5-6-7-8-12(15)16-14-10-9-13(2)11-14/h9-10H,3-8,11H2,1-2H3. The lowest BCUT2D eigenvalue weighted by Gasteiger charge is -2.16. The van der Waals surface area contributed by atoms with Crippen molar-refractivity contribution in [1.29, 1.82) is 0 Å². The van der Waals surface area contributed by atoms with Gasteiger partial charge in [0.25, 0.3) is 0 Å².